The highest BCUT2D eigenvalue weighted by Gasteiger charge is 2.24. The van der Waals surface area contributed by atoms with Crippen LogP contribution >= 0.6 is 0 Å². The lowest BCUT2D eigenvalue weighted by Gasteiger charge is -2.08. The molecule has 35 heavy (non-hydrogen) atoms. The zero-order chi connectivity index (χ0) is 23.8. The Balaban J connectivity index is 1.30. The molecule has 0 radical (unpaired) electrons. The summed E-state index contributed by atoms with van der Waals surface area (Å²) in [7, 11) is 1.88. The Bertz CT molecular complexity index is 1520. The van der Waals surface area contributed by atoms with Crippen LogP contribution in [0.3, 0.4) is 0 Å². The number of aryl methyl sites for hydroxylation is 2. The highest BCUT2D eigenvalue weighted by atomic mass is 15.1. The minimum Gasteiger partial charge on any atom is -0.383 e. The minimum absolute atomic E-state index is 0.494. The molecule has 8 nitrogen and oxygen atoms in total. The highest BCUT2D eigenvalue weighted by molar-refractivity contribution is 5.91. The zero-order valence-electron chi connectivity index (χ0n) is 19.8. The Kier molecular flexibility index (Phi) is 5.48. The van der Waals surface area contributed by atoms with Crippen LogP contribution in [-0.4, -0.2) is 36.5 Å². The van der Waals surface area contributed by atoms with E-state index in [4.69, 9.17) is 10.7 Å². The van der Waals surface area contributed by atoms with Crippen molar-refractivity contribution < 1.29 is 0 Å². The monoisotopic (exact) mass is 464 g/mol. The number of nitrogens with one attached hydrogen (secondary N) is 1. The zero-order valence-corrected chi connectivity index (χ0v) is 19.8. The van der Waals surface area contributed by atoms with Crippen molar-refractivity contribution in [1.29, 1.82) is 0 Å². The Morgan fingerprint density at radius 3 is 2.74 bits per heavy atom. The second kappa shape index (κ2) is 8.94. The molecule has 5 aromatic rings. The van der Waals surface area contributed by atoms with Crippen LogP contribution in [-0.2, 0) is 12.8 Å². The summed E-state index contributed by atoms with van der Waals surface area (Å²) in [6.07, 6.45) is 13.8. The van der Waals surface area contributed by atoms with Crippen molar-refractivity contribution in [3.05, 3.63) is 72.1 Å². The van der Waals surface area contributed by atoms with Gasteiger partial charge in [-0.1, -0.05) is 25.0 Å². The molecule has 0 spiro atoms. The number of hydrogen-bond acceptors (Lipinski definition) is 7. The lowest BCUT2D eigenvalue weighted by atomic mass is 9.98. The summed E-state index contributed by atoms with van der Waals surface area (Å²) in [5.41, 5.74) is 11.5. The van der Waals surface area contributed by atoms with E-state index < -0.39 is 0 Å². The molecule has 176 valence electrons. The fraction of sp³-hybridized carbons (Fsp3) is 0.296. The van der Waals surface area contributed by atoms with Gasteiger partial charge in [0.1, 0.15) is 18.0 Å². The van der Waals surface area contributed by atoms with Gasteiger partial charge in [0.05, 0.1) is 22.8 Å². The SMILES string of the molecule is CNc1ccc2ccc(CCc3cncc(-n4cc(C5CCCC5)c5c(N)ncnc54)n3)cc2n1. The normalized spacial score (nSPS) is 14.2. The maximum Gasteiger partial charge on any atom is 0.157 e. The maximum absolute atomic E-state index is 6.31. The van der Waals surface area contributed by atoms with E-state index in [2.05, 4.69) is 55.7 Å². The van der Waals surface area contributed by atoms with Crippen LogP contribution in [0.1, 0.15) is 48.4 Å². The number of benzene rings is 1. The highest BCUT2D eigenvalue weighted by Crippen LogP contribution is 2.40. The van der Waals surface area contributed by atoms with Crippen LogP contribution in [0.2, 0.25) is 0 Å². The van der Waals surface area contributed by atoms with E-state index in [1.165, 1.54) is 43.1 Å². The lowest BCUT2D eigenvalue weighted by Crippen LogP contribution is -2.03. The largest absolute Gasteiger partial charge is 0.383 e. The van der Waals surface area contributed by atoms with E-state index in [0.717, 1.165) is 52.1 Å². The second-order valence-electron chi connectivity index (χ2n) is 9.24. The molecule has 0 atom stereocenters. The molecule has 0 saturated heterocycles. The van der Waals surface area contributed by atoms with E-state index in [9.17, 15) is 0 Å². The first-order chi connectivity index (χ1) is 17.2. The van der Waals surface area contributed by atoms with Gasteiger partial charge in [-0.05, 0) is 60.9 Å². The Morgan fingerprint density at radius 2 is 1.89 bits per heavy atom. The van der Waals surface area contributed by atoms with Gasteiger partial charge in [-0.2, -0.15) is 0 Å². The molecule has 1 aromatic carbocycles. The molecule has 4 heterocycles. The average molecular weight is 465 g/mol. The van der Waals surface area contributed by atoms with Crippen LogP contribution < -0.4 is 11.1 Å². The van der Waals surface area contributed by atoms with Crippen LogP contribution in [0.25, 0.3) is 27.8 Å². The molecule has 0 aliphatic heterocycles. The fourth-order valence-corrected chi connectivity index (χ4v) is 5.20. The summed E-state index contributed by atoms with van der Waals surface area (Å²) in [4.78, 5) is 23.0. The van der Waals surface area contributed by atoms with Gasteiger partial charge in [-0.15, -0.1) is 0 Å². The van der Waals surface area contributed by atoms with Gasteiger partial charge < -0.3 is 11.1 Å². The molecular weight excluding hydrogens is 436 g/mol. The van der Waals surface area contributed by atoms with Crippen LogP contribution in [0.15, 0.2) is 55.2 Å². The molecule has 1 aliphatic carbocycles. The van der Waals surface area contributed by atoms with Gasteiger partial charge in [-0.3, -0.25) is 9.55 Å². The summed E-state index contributed by atoms with van der Waals surface area (Å²) in [6.45, 7) is 0. The fourth-order valence-electron chi connectivity index (χ4n) is 5.20. The molecule has 0 amide bonds. The smallest absolute Gasteiger partial charge is 0.157 e. The molecule has 1 fully saturated rings. The van der Waals surface area contributed by atoms with Crippen molar-refractivity contribution in [3.8, 4) is 5.82 Å². The Labute approximate surface area is 203 Å². The van der Waals surface area contributed by atoms with Gasteiger partial charge in [0.2, 0.25) is 0 Å². The number of rotatable bonds is 6. The van der Waals surface area contributed by atoms with Gasteiger partial charge >= 0.3 is 0 Å². The number of nitrogens with zero attached hydrogens (tertiary/aromatic N) is 6. The molecule has 6 rings (SSSR count). The van der Waals surface area contributed by atoms with Crippen LogP contribution in [0.4, 0.5) is 11.6 Å². The number of aromatic nitrogens is 6. The van der Waals surface area contributed by atoms with Crippen LogP contribution in [0.5, 0.6) is 0 Å². The molecule has 8 heteroatoms. The summed E-state index contributed by atoms with van der Waals surface area (Å²) < 4.78 is 2.02. The van der Waals surface area contributed by atoms with Crippen molar-refractivity contribution in [2.45, 2.75) is 44.4 Å². The number of fused-ring (bicyclic) bond motifs is 2. The molecule has 0 bridgehead atoms. The molecule has 1 aliphatic rings. The first kappa shape index (κ1) is 21.5. The van der Waals surface area contributed by atoms with Crippen molar-refractivity contribution in [3.63, 3.8) is 0 Å². The average Bonchev–Trinajstić information content (AvgIpc) is 3.56. The maximum atomic E-state index is 6.31. The molecule has 0 unspecified atom stereocenters. The van der Waals surface area contributed by atoms with E-state index in [-0.39, 0.29) is 0 Å². The lowest BCUT2D eigenvalue weighted by molar-refractivity contribution is 0.726. The summed E-state index contributed by atoms with van der Waals surface area (Å²) in [5, 5.41) is 5.19. The number of nitrogens with two attached hydrogens (primary N) is 1. The summed E-state index contributed by atoms with van der Waals surface area (Å²) >= 11 is 0. The second-order valence-corrected chi connectivity index (χ2v) is 9.24. The van der Waals surface area contributed by atoms with Crippen molar-refractivity contribution in [2.24, 2.45) is 0 Å². The summed E-state index contributed by atoms with van der Waals surface area (Å²) in [6, 6.07) is 10.5. The van der Waals surface area contributed by atoms with Crippen molar-refractivity contribution in [2.75, 3.05) is 18.1 Å². The van der Waals surface area contributed by atoms with Gasteiger partial charge in [-0.25, -0.2) is 19.9 Å². The Morgan fingerprint density at radius 1 is 1.03 bits per heavy atom. The predicted octanol–water partition coefficient (Wildman–Crippen LogP) is 4.83. The quantitative estimate of drug-likeness (QED) is 0.371. The van der Waals surface area contributed by atoms with Crippen molar-refractivity contribution >= 4 is 33.6 Å². The number of pyridine rings is 1. The van der Waals surface area contributed by atoms with E-state index in [0.29, 0.717) is 11.7 Å². The standard InChI is InChI=1S/C27H28N8/c1-29-23-11-9-19-8-6-17(12-22(19)34-23)7-10-20-13-30-14-24(33-20)35-15-21(18-4-2-3-5-18)25-26(28)31-16-32-27(25)35/h6,8-9,11-16,18H,2-5,7,10H2,1H3,(H,29,34)(H2,28,31,32). The number of hydrogen-bond donors (Lipinski definition) is 2. The Hall–Kier alpha value is -4.07. The third-order valence-corrected chi connectivity index (χ3v) is 7.04. The van der Waals surface area contributed by atoms with E-state index >= 15 is 0 Å². The van der Waals surface area contributed by atoms with E-state index in [1.807, 2.05) is 23.9 Å². The molecule has 4 aromatic heterocycles. The number of anilines is 2. The van der Waals surface area contributed by atoms with Crippen LogP contribution in [0, 0.1) is 0 Å². The van der Waals surface area contributed by atoms with E-state index in [1.54, 1.807) is 6.20 Å². The third kappa shape index (κ3) is 4.05. The molecule has 3 N–H and O–H groups in total. The predicted molar refractivity (Wildman–Crippen MR) is 139 cm³/mol. The number of nitrogen functional groups attached to an aromatic ring is 1. The molecular formula is C27H28N8. The summed E-state index contributed by atoms with van der Waals surface area (Å²) in [5.74, 6) is 2.65. The van der Waals surface area contributed by atoms with Crippen molar-refractivity contribution in [1.82, 2.24) is 29.5 Å². The minimum atomic E-state index is 0.494. The first-order valence-corrected chi connectivity index (χ1v) is 12.2. The topological polar surface area (TPSA) is 107 Å². The first-order valence-electron chi connectivity index (χ1n) is 12.2. The van der Waals surface area contributed by atoms with Gasteiger partial charge in [0.25, 0.3) is 0 Å². The third-order valence-electron chi connectivity index (χ3n) is 7.04. The molecule has 1 saturated carbocycles. The van der Waals surface area contributed by atoms with Gasteiger partial charge in [0.15, 0.2) is 11.5 Å². The van der Waals surface area contributed by atoms with Gasteiger partial charge in [0, 0.05) is 24.8 Å².